The molecule has 0 atom stereocenters. The van der Waals surface area contributed by atoms with Crippen LogP contribution in [0.3, 0.4) is 0 Å². The zero-order valence-corrected chi connectivity index (χ0v) is 9.63. The molecular formula is C12H17NO2. The van der Waals surface area contributed by atoms with Crippen LogP contribution in [0.25, 0.3) is 0 Å². The van der Waals surface area contributed by atoms with Gasteiger partial charge in [0.25, 0.3) is 0 Å². The Hall–Kier alpha value is -1.51. The first kappa shape index (κ1) is 11.6. The lowest BCUT2D eigenvalue weighted by Crippen LogP contribution is -2.21. The third kappa shape index (κ3) is 2.29. The van der Waals surface area contributed by atoms with Crippen LogP contribution in [0.4, 0.5) is 5.69 Å². The molecule has 0 saturated heterocycles. The van der Waals surface area contributed by atoms with Gasteiger partial charge in [-0.25, -0.2) is 0 Å². The number of benzene rings is 1. The van der Waals surface area contributed by atoms with Gasteiger partial charge in [0.15, 0.2) is 5.78 Å². The number of nitrogen functional groups attached to an aromatic ring is 1. The van der Waals surface area contributed by atoms with Gasteiger partial charge in [0, 0.05) is 11.0 Å². The molecule has 0 fully saturated rings. The fraction of sp³-hybridized carbons (Fsp3) is 0.417. The van der Waals surface area contributed by atoms with Gasteiger partial charge in [0.2, 0.25) is 0 Å². The number of Topliss-reactive ketones (excluding diaryl/α,β-unsaturated/α-hetero) is 1. The number of methoxy groups -OCH3 is 1. The molecule has 1 rings (SSSR count). The molecule has 0 saturated carbocycles. The summed E-state index contributed by atoms with van der Waals surface area (Å²) in [5, 5.41) is 0. The molecule has 0 aromatic heterocycles. The second kappa shape index (κ2) is 3.93. The number of carbonyl (C=O) groups excluding carboxylic acids is 1. The number of anilines is 1. The molecule has 0 spiro atoms. The number of para-hydroxylation sites is 1. The SMILES string of the molecule is COc1cccc(C(=O)C(C)(C)C)c1N. The third-order valence-electron chi connectivity index (χ3n) is 2.21. The highest BCUT2D eigenvalue weighted by Crippen LogP contribution is 2.30. The van der Waals surface area contributed by atoms with Crippen molar-refractivity contribution in [1.82, 2.24) is 0 Å². The van der Waals surface area contributed by atoms with E-state index in [2.05, 4.69) is 0 Å². The van der Waals surface area contributed by atoms with Crippen LogP contribution in [0.2, 0.25) is 0 Å². The van der Waals surface area contributed by atoms with Crippen molar-refractivity contribution in [3.05, 3.63) is 23.8 Å². The summed E-state index contributed by atoms with van der Waals surface area (Å²) in [6.45, 7) is 5.61. The van der Waals surface area contributed by atoms with Crippen molar-refractivity contribution >= 4 is 11.5 Å². The van der Waals surface area contributed by atoms with Crippen LogP contribution in [0.15, 0.2) is 18.2 Å². The van der Waals surface area contributed by atoms with Crippen molar-refractivity contribution in [3.63, 3.8) is 0 Å². The topological polar surface area (TPSA) is 52.3 Å². The highest BCUT2D eigenvalue weighted by Gasteiger charge is 2.25. The second-order valence-corrected chi connectivity index (χ2v) is 4.50. The molecule has 2 N–H and O–H groups in total. The van der Waals surface area contributed by atoms with Crippen LogP contribution in [-0.4, -0.2) is 12.9 Å². The number of ketones is 1. The van der Waals surface area contributed by atoms with Gasteiger partial charge in [-0.1, -0.05) is 26.8 Å². The van der Waals surface area contributed by atoms with Gasteiger partial charge < -0.3 is 10.5 Å². The highest BCUT2D eigenvalue weighted by atomic mass is 16.5. The first-order valence-corrected chi connectivity index (χ1v) is 4.85. The largest absolute Gasteiger partial charge is 0.495 e. The quantitative estimate of drug-likeness (QED) is 0.598. The lowest BCUT2D eigenvalue weighted by atomic mass is 9.86. The zero-order valence-electron chi connectivity index (χ0n) is 9.63. The monoisotopic (exact) mass is 207 g/mol. The molecule has 0 aliphatic carbocycles. The molecule has 0 unspecified atom stereocenters. The molecular weight excluding hydrogens is 190 g/mol. The van der Waals surface area contributed by atoms with E-state index in [4.69, 9.17) is 10.5 Å². The average Bonchev–Trinajstić information content (AvgIpc) is 2.16. The fourth-order valence-electron chi connectivity index (χ4n) is 1.32. The van der Waals surface area contributed by atoms with E-state index in [-0.39, 0.29) is 5.78 Å². The predicted molar refractivity (Wildman–Crippen MR) is 61.2 cm³/mol. The molecule has 1 aromatic carbocycles. The summed E-state index contributed by atoms with van der Waals surface area (Å²) >= 11 is 0. The number of ether oxygens (including phenoxy) is 1. The minimum Gasteiger partial charge on any atom is -0.495 e. The van der Waals surface area contributed by atoms with E-state index in [0.717, 1.165) is 0 Å². The Labute approximate surface area is 90.2 Å². The number of nitrogens with two attached hydrogens (primary N) is 1. The molecule has 0 bridgehead atoms. The Bertz CT molecular complexity index is 378. The van der Waals surface area contributed by atoms with Crippen molar-refractivity contribution in [2.45, 2.75) is 20.8 Å². The molecule has 1 aromatic rings. The first-order chi connectivity index (χ1) is 6.88. The van der Waals surface area contributed by atoms with E-state index in [0.29, 0.717) is 17.0 Å². The Morgan fingerprint density at radius 2 is 1.93 bits per heavy atom. The number of hydrogen-bond acceptors (Lipinski definition) is 3. The predicted octanol–water partition coefficient (Wildman–Crippen LogP) is 2.51. The molecule has 0 radical (unpaired) electrons. The maximum Gasteiger partial charge on any atom is 0.170 e. The van der Waals surface area contributed by atoms with Gasteiger partial charge in [-0.2, -0.15) is 0 Å². The molecule has 3 heteroatoms. The van der Waals surface area contributed by atoms with E-state index in [1.54, 1.807) is 18.2 Å². The molecule has 15 heavy (non-hydrogen) atoms. The van der Waals surface area contributed by atoms with Gasteiger partial charge in [-0.3, -0.25) is 4.79 Å². The molecule has 0 aliphatic heterocycles. The second-order valence-electron chi connectivity index (χ2n) is 4.50. The summed E-state index contributed by atoms with van der Waals surface area (Å²) < 4.78 is 5.07. The Balaban J connectivity index is 3.22. The van der Waals surface area contributed by atoms with Gasteiger partial charge >= 0.3 is 0 Å². The van der Waals surface area contributed by atoms with Gasteiger partial charge in [-0.15, -0.1) is 0 Å². The van der Waals surface area contributed by atoms with Crippen molar-refractivity contribution in [3.8, 4) is 5.75 Å². The molecule has 82 valence electrons. The van der Waals surface area contributed by atoms with E-state index < -0.39 is 5.41 Å². The lowest BCUT2D eigenvalue weighted by Gasteiger charge is -2.18. The van der Waals surface area contributed by atoms with E-state index in [1.165, 1.54) is 7.11 Å². The number of carbonyl (C=O) groups is 1. The van der Waals surface area contributed by atoms with Crippen LogP contribution in [0.5, 0.6) is 5.75 Å². The maximum atomic E-state index is 12.0. The number of hydrogen-bond donors (Lipinski definition) is 1. The van der Waals surface area contributed by atoms with Gasteiger partial charge in [-0.05, 0) is 12.1 Å². The molecule has 3 nitrogen and oxygen atoms in total. The summed E-state index contributed by atoms with van der Waals surface area (Å²) in [5.41, 5.74) is 6.36. The smallest absolute Gasteiger partial charge is 0.170 e. The average molecular weight is 207 g/mol. The highest BCUT2D eigenvalue weighted by molar-refractivity contribution is 6.04. The third-order valence-corrected chi connectivity index (χ3v) is 2.21. The van der Waals surface area contributed by atoms with Crippen molar-refractivity contribution < 1.29 is 9.53 Å². The Morgan fingerprint density at radius 3 is 2.40 bits per heavy atom. The van der Waals surface area contributed by atoms with Crippen molar-refractivity contribution in [2.75, 3.05) is 12.8 Å². The summed E-state index contributed by atoms with van der Waals surface area (Å²) in [5.74, 6) is 0.573. The van der Waals surface area contributed by atoms with E-state index >= 15 is 0 Å². The van der Waals surface area contributed by atoms with Gasteiger partial charge in [0.05, 0.1) is 12.8 Å². The Kier molecular flexibility index (Phi) is 3.03. The van der Waals surface area contributed by atoms with Crippen molar-refractivity contribution in [2.24, 2.45) is 5.41 Å². The normalized spacial score (nSPS) is 11.2. The van der Waals surface area contributed by atoms with E-state index in [9.17, 15) is 4.79 Å². The summed E-state index contributed by atoms with van der Waals surface area (Å²) in [6, 6.07) is 5.24. The minimum absolute atomic E-state index is 0.0268. The Morgan fingerprint density at radius 1 is 1.33 bits per heavy atom. The van der Waals surface area contributed by atoms with Crippen LogP contribution >= 0.6 is 0 Å². The van der Waals surface area contributed by atoms with Crippen LogP contribution in [0.1, 0.15) is 31.1 Å². The number of rotatable bonds is 2. The van der Waals surface area contributed by atoms with Crippen LogP contribution in [0, 0.1) is 5.41 Å². The molecule has 0 heterocycles. The van der Waals surface area contributed by atoms with Crippen LogP contribution in [-0.2, 0) is 0 Å². The van der Waals surface area contributed by atoms with Crippen LogP contribution < -0.4 is 10.5 Å². The summed E-state index contributed by atoms with van der Waals surface area (Å²) in [7, 11) is 1.54. The molecule has 0 aliphatic rings. The lowest BCUT2D eigenvalue weighted by molar-refractivity contribution is 0.0859. The maximum absolute atomic E-state index is 12.0. The summed E-state index contributed by atoms with van der Waals surface area (Å²) in [4.78, 5) is 12.0. The standard InChI is InChI=1S/C12H17NO2/c1-12(2,3)11(14)8-6-5-7-9(15-4)10(8)13/h5-7H,13H2,1-4H3. The van der Waals surface area contributed by atoms with Gasteiger partial charge in [0.1, 0.15) is 5.75 Å². The first-order valence-electron chi connectivity index (χ1n) is 4.85. The fourth-order valence-corrected chi connectivity index (χ4v) is 1.32. The summed E-state index contributed by atoms with van der Waals surface area (Å²) in [6.07, 6.45) is 0. The zero-order chi connectivity index (χ0) is 11.6. The molecule has 0 amide bonds. The minimum atomic E-state index is -0.430. The van der Waals surface area contributed by atoms with Crippen molar-refractivity contribution in [1.29, 1.82) is 0 Å². The van der Waals surface area contributed by atoms with E-state index in [1.807, 2.05) is 20.8 Å².